The monoisotopic (exact) mass is 1450 g/mol. The summed E-state index contributed by atoms with van der Waals surface area (Å²) >= 11 is 0. The summed E-state index contributed by atoms with van der Waals surface area (Å²) in [6.07, 6.45) is -14.1. The first kappa shape index (κ1) is 85.3. The van der Waals surface area contributed by atoms with Crippen LogP contribution in [0.15, 0.2) is 12.5 Å². The summed E-state index contributed by atoms with van der Waals surface area (Å²) in [5.41, 5.74) is 12.0. The number of ether oxygens (including phenoxy) is 4. The van der Waals surface area contributed by atoms with Crippen LogP contribution in [0.4, 0.5) is 0 Å². The molecule has 36 heteroatoms. The van der Waals surface area contributed by atoms with E-state index in [0.29, 0.717) is 18.5 Å². The lowest BCUT2D eigenvalue weighted by atomic mass is 9.88. The Labute approximate surface area is 590 Å². The van der Waals surface area contributed by atoms with Crippen molar-refractivity contribution >= 4 is 76.3 Å². The molecular weight excluding hydrogens is 1340 g/mol. The number of Topliss-reactive ketones (excluding diaryl/α,β-unsaturated/α-hetero) is 5. The van der Waals surface area contributed by atoms with Crippen LogP contribution in [0.1, 0.15) is 132 Å². The van der Waals surface area contributed by atoms with E-state index in [1.165, 1.54) is 59.0 Å². The normalized spacial score (nSPS) is 26.6. The van der Waals surface area contributed by atoms with Crippen molar-refractivity contribution in [2.45, 2.75) is 230 Å². The fourth-order valence-corrected chi connectivity index (χ4v) is 13.1. The maximum absolute atomic E-state index is 15.1. The van der Waals surface area contributed by atoms with Gasteiger partial charge < -0.3 is 113 Å². The molecule has 4 saturated heterocycles. The molecule has 0 bridgehead atoms. The van der Waals surface area contributed by atoms with Gasteiger partial charge >= 0.3 is 5.97 Å². The van der Waals surface area contributed by atoms with Gasteiger partial charge in [-0.15, -0.1) is 0 Å². The van der Waals surface area contributed by atoms with Crippen LogP contribution in [0.5, 0.6) is 0 Å². The molecule has 0 aliphatic carbocycles. The summed E-state index contributed by atoms with van der Waals surface area (Å²) in [4.78, 5) is 174. The van der Waals surface area contributed by atoms with Gasteiger partial charge in [-0.1, -0.05) is 27.7 Å². The minimum atomic E-state index is -1.81. The highest BCUT2D eigenvalue weighted by atomic mass is 16.7. The van der Waals surface area contributed by atoms with Crippen LogP contribution < -0.4 is 38.1 Å². The van der Waals surface area contributed by atoms with Gasteiger partial charge in [-0.2, -0.15) is 0 Å². The van der Waals surface area contributed by atoms with E-state index in [4.69, 9.17) is 35.8 Å². The highest BCUT2D eigenvalue weighted by Gasteiger charge is 2.49. The van der Waals surface area contributed by atoms with Crippen molar-refractivity contribution in [3.05, 3.63) is 18.2 Å². The van der Waals surface area contributed by atoms with E-state index in [1.807, 2.05) is 0 Å². The summed E-state index contributed by atoms with van der Waals surface area (Å²) in [5, 5.41) is 105. The molecular formula is C66H106N12O24. The molecule has 0 spiro atoms. The van der Waals surface area contributed by atoms with Crippen molar-refractivity contribution in [2.24, 2.45) is 52.9 Å². The van der Waals surface area contributed by atoms with Crippen LogP contribution in [0.2, 0.25) is 0 Å². The van der Waals surface area contributed by atoms with Crippen molar-refractivity contribution in [2.75, 3.05) is 46.0 Å². The standard InChI is InChI=1S/C66H106N12O24/c1-30(2)42(23-41(83)25-72-61(96)43(67)22-40-24-70-29-73-40)60(95)75-52(35(7)82)47(85)20-39(26-79)59(94)74-33(5)62(97)78-17-11-14-45(78)46(84)19-38(21-51(87)88)58(93)76-53(48(86)18-37(12-9-15-71-66(68)69)63(98)77-16-10-13-44(77)34(6)81)36(8)100-65-32(4)55(90)57(92)50(102-65)28-99-64-31(3)54(89)56(91)49(27-80)101-64/h24,29-33,35-39,42-45,49-50,52-57,64-65,79-80,82,89-92H,9-23,25-28,67H2,1-8H3,(H,70,73)(H,72,96)(H,74,94)(H,75,95)(H,76,93)(H,87,88)(H4,68,69,71)/t31?,32?,33-,35?,36?,37+,38-,39-,42-,43-,44-,45-,49?,50?,52-,53-,54+,55+,56+,57-,64+,65-/m0/s1. The largest absolute Gasteiger partial charge is 0.481 e. The molecule has 574 valence electrons. The molecule has 102 heavy (non-hydrogen) atoms. The van der Waals surface area contributed by atoms with Crippen molar-refractivity contribution < 1.29 is 117 Å². The second kappa shape index (κ2) is 40.1. The number of imidazole rings is 1. The lowest BCUT2D eigenvalue weighted by Gasteiger charge is -2.44. The number of carboxylic acids is 1. The third-order valence-electron chi connectivity index (χ3n) is 19.4. The first-order valence-corrected chi connectivity index (χ1v) is 34.6. The number of aliphatic hydroxyl groups excluding tert-OH is 7. The van der Waals surface area contributed by atoms with E-state index in [1.54, 1.807) is 13.8 Å². The van der Waals surface area contributed by atoms with Crippen LogP contribution in [0, 0.1) is 46.8 Å². The number of carbonyl (C=O) groups excluding carboxylic acids is 11. The average Bonchev–Trinajstić information content (AvgIpc) is 1.04. The maximum Gasteiger partial charge on any atom is 0.304 e. The predicted molar refractivity (Wildman–Crippen MR) is 356 cm³/mol. The van der Waals surface area contributed by atoms with Gasteiger partial charge in [0, 0.05) is 87.3 Å². The van der Waals surface area contributed by atoms with E-state index in [-0.39, 0.29) is 69.9 Å². The molecule has 0 saturated carbocycles. The smallest absolute Gasteiger partial charge is 0.304 e. The summed E-state index contributed by atoms with van der Waals surface area (Å²) in [6.45, 7) is 8.84. The van der Waals surface area contributed by atoms with Gasteiger partial charge in [0.25, 0.3) is 0 Å². The zero-order chi connectivity index (χ0) is 76.1. The molecule has 6 unspecified atom stereocenters. The highest BCUT2D eigenvalue weighted by Crippen LogP contribution is 2.33. The quantitative estimate of drug-likeness (QED) is 0.0166. The fraction of sp³-hybridized carbons (Fsp3) is 0.758. The molecule has 6 amide bonds. The molecule has 0 radical (unpaired) electrons. The predicted octanol–water partition coefficient (Wildman–Crippen LogP) is -4.91. The minimum absolute atomic E-state index is 0.00915. The number of carboxylic acid groups (broad SMARTS) is 1. The summed E-state index contributed by atoms with van der Waals surface area (Å²) in [5.74, 6) is -18.4. The van der Waals surface area contributed by atoms with Crippen molar-refractivity contribution in [1.82, 2.24) is 46.4 Å². The minimum Gasteiger partial charge on any atom is -0.481 e. The zero-order valence-electron chi connectivity index (χ0n) is 59.0. The van der Waals surface area contributed by atoms with Gasteiger partial charge in [-0.3, -0.25) is 62.9 Å². The Kier molecular flexibility index (Phi) is 33.5. The number of guanidine groups is 1. The Bertz CT molecular complexity index is 3050. The van der Waals surface area contributed by atoms with E-state index in [9.17, 15) is 93.6 Å². The average molecular weight is 1450 g/mol. The van der Waals surface area contributed by atoms with E-state index >= 15 is 4.79 Å². The van der Waals surface area contributed by atoms with Gasteiger partial charge in [0.1, 0.15) is 42.5 Å². The fourth-order valence-electron chi connectivity index (χ4n) is 13.1. The van der Waals surface area contributed by atoms with Crippen LogP contribution in [0.25, 0.3) is 0 Å². The molecule has 1 aromatic heterocycles. The van der Waals surface area contributed by atoms with Gasteiger partial charge in [-0.05, 0) is 72.1 Å². The zero-order valence-corrected chi connectivity index (χ0v) is 59.0. The molecule has 5 rings (SSSR count). The number of amides is 6. The molecule has 4 aliphatic heterocycles. The SMILES string of the molecule is CC(=O)[C@@H]1CCCN1C(=O)[C@H](CCCNC(=N)N)CC(=O)[C@@H](NC(=O)[C@H](CC(=O)O)CC(=O)[C@@H]1CCCN1C(=O)[C@H](C)NC(=O)[C@H](CO)CC(=O)[C@@H](NC(=O)[C@@H](CC(=O)CNC(=O)[C@@H](N)Cc1cnc[nH]1)C(C)C)C(C)O)C(C)O[C@H]1OC(CO[C@@H]2OC(CO)[C@@H](O)[C@H](O)C2C)[C@H](O)[C@H](O)C1C. The number of nitrogens with two attached hydrogens (primary N) is 2. The van der Waals surface area contributed by atoms with Crippen LogP contribution >= 0.6 is 0 Å². The number of carbonyl (C=O) groups is 12. The van der Waals surface area contributed by atoms with Crippen molar-refractivity contribution in [3.63, 3.8) is 0 Å². The number of ketones is 5. The molecule has 0 aromatic carbocycles. The number of hydrogen-bond acceptors (Lipinski definition) is 26. The van der Waals surface area contributed by atoms with E-state index in [0.717, 1.165) is 4.90 Å². The second-order valence-electron chi connectivity index (χ2n) is 27.6. The Morgan fingerprint density at radius 3 is 1.87 bits per heavy atom. The molecule has 36 nitrogen and oxygen atoms in total. The van der Waals surface area contributed by atoms with E-state index < -0.39 is 256 Å². The highest BCUT2D eigenvalue weighted by molar-refractivity contribution is 5.99. The van der Waals surface area contributed by atoms with Crippen LogP contribution in [-0.4, -0.2) is 281 Å². The lowest BCUT2D eigenvalue weighted by molar-refractivity contribution is -0.320. The first-order valence-electron chi connectivity index (χ1n) is 34.6. The molecule has 22 atom stereocenters. The number of rotatable bonds is 41. The van der Waals surface area contributed by atoms with E-state index in [2.05, 4.69) is 36.6 Å². The number of hydrogen-bond donors (Lipinski definition) is 17. The van der Waals surface area contributed by atoms with Crippen molar-refractivity contribution in [3.8, 4) is 0 Å². The molecule has 4 fully saturated rings. The Hall–Kier alpha value is -7.36. The molecule has 5 heterocycles. The van der Waals surface area contributed by atoms with Crippen LogP contribution in [0.3, 0.4) is 0 Å². The molecule has 19 N–H and O–H groups in total. The summed E-state index contributed by atoms with van der Waals surface area (Å²) in [7, 11) is 0. The van der Waals surface area contributed by atoms with Crippen molar-refractivity contribution in [1.29, 1.82) is 5.41 Å². The first-order chi connectivity index (χ1) is 48.0. The number of nitrogens with zero attached hydrogens (tertiary/aromatic N) is 3. The number of aromatic nitrogens is 2. The van der Waals surface area contributed by atoms with Crippen LogP contribution in [-0.2, 0) is 82.9 Å². The topological polar surface area (TPSA) is 575 Å². The maximum atomic E-state index is 15.1. The number of aliphatic hydroxyl groups is 7. The number of aliphatic carboxylic acids is 1. The van der Waals surface area contributed by atoms with Gasteiger partial charge in [0.05, 0.1) is 93.5 Å². The summed E-state index contributed by atoms with van der Waals surface area (Å²) in [6, 6.07) is -8.03. The van der Waals surface area contributed by atoms with Gasteiger partial charge in [0.15, 0.2) is 47.5 Å². The summed E-state index contributed by atoms with van der Waals surface area (Å²) < 4.78 is 24.0. The molecule has 1 aromatic rings. The second-order valence-corrected chi connectivity index (χ2v) is 27.6. The lowest BCUT2D eigenvalue weighted by Crippen LogP contribution is -2.59. The Morgan fingerprint density at radius 2 is 1.29 bits per heavy atom. The van der Waals surface area contributed by atoms with Gasteiger partial charge in [-0.25, -0.2) is 4.98 Å². The number of H-pyrrole nitrogens is 1. The Balaban J connectivity index is 1.31. The third-order valence-corrected chi connectivity index (χ3v) is 19.4. The third kappa shape index (κ3) is 23.8. The Morgan fingerprint density at radius 1 is 0.716 bits per heavy atom. The number of aromatic amines is 1. The number of likely N-dealkylation sites (tertiary alicyclic amines) is 2. The number of nitrogens with one attached hydrogen (secondary N) is 7. The molecule has 4 aliphatic rings. The van der Waals surface area contributed by atoms with Gasteiger partial charge in [0.2, 0.25) is 35.4 Å².